The minimum atomic E-state index is -0.810. The van der Waals surface area contributed by atoms with Crippen LogP contribution in [0.2, 0.25) is 0 Å². The second kappa shape index (κ2) is 11.3. The number of nitrogens with zero attached hydrogens (tertiary/aromatic N) is 1. The Bertz CT molecular complexity index is 1290. The number of hydrogen-bond acceptors (Lipinski definition) is 6. The molecule has 5 rings (SSSR count). The van der Waals surface area contributed by atoms with Gasteiger partial charge in [0.15, 0.2) is 11.6 Å². The summed E-state index contributed by atoms with van der Waals surface area (Å²) in [5.74, 6) is -0.599. The lowest BCUT2D eigenvalue weighted by molar-refractivity contribution is -0.146. The second-order valence-electron chi connectivity index (χ2n) is 10.6. The number of benzene rings is 2. The third-order valence-electron chi connectivity index (χ3n) is 8.67. The van der Waals surface area contributed by atoms with Gasteiger partial charge in [0.1, 0.15) is 5.75 Å². The number of pyridine rings is 1. The summed E-state index contributed by atoms with van der Waals surface area (Å²) in [6, 6.07) is 12.7. The Morgan fingerprint density at radius 3 is 2.74 bits per heavy atom. The van der Waals surface area contributed by atoms with Gasteiger partial charge in [-0.05, 0) is 97.4 Å². The maximum atomic E-state index is 15.0. The van der Waals surface area contributed by atoms with Gasteiger partial charge in [-0.15, -0.1) is 0 Å². The number of carboxylic acids is 1. The molecule has 2 fully saturated rings. The van der Waals surface area contributed by atoms with Crippen LogP contribution in [0.5, 0.6) is 11.5 Å². The van der Waals surface area contributed by atoms with Crippen molar-refractivity contribution in [1.82, 2.24) is 10.3 Å². The molecule has 0 spiro atoms. The summed E-state index contributed by atoms with van der Waals surface area (Å²) in [7, 11) is 3.07. The first kappa shape index (κ1) is 26.4. The monoisotopic (exact) mass is 522 g/mol. The van der Waals surface area contributed by atoms with E-state index >= 15 is 0 Å². The van der Waals surface area contributed by atoms with Crippen LogP contribution in [0.4, 0.5) is 4.39 Å². The Kier molecular flexibility index (Phi) is 7.81. The van der Waals surface area contributed by atoms with Crippen molar-refractivity contribution < 1.29 is 28.9 Å². The third-order valence-corrected chi connectivity index (χ3v) is 8.67. The van der Waals surface area contributed by atoms with Crippen molar-refractivity contribution in [3.8, 4) is 11.5 Å². The predicted octanol–water partition coefficient (Wildman–Crippen LogP) is 4.93. The Labute approximate surface area is 222 Å². The quantitative estimate of drug-likeness (QED) is 0.366. The SMILES string of the molecule is COc1ccc2nccc([C@H](O)C[C@H](C3CC(c4cccc(OC)c4F)C3)C3CCNCC3C(=O)O)c2c1. The molecule has 0 bridgehead atoms. The lowest BCUT2D eigenvalue weighted by atomic mass is 9.59. The highest BCUT2D eigenvalue weighted by Gasteiger charge is 2.45. The van der Waals surface area contributed by atoms with E-state index in [1.165, 1.54) is 7.11 Å². The molecule has 0 amide bonds. The molecular formula is C30H35FN2O5. The molecule has 1 aliphatic carbocycles. The van der Waals surface area contributed by atoms with Crippen LogP contribution in [-0.2, 0) is 4.79 Å². The van der Waals surface area contributed by atoms with Gasteiger partial charge in [-0.1, -0.05) is 12.1 Å². The van der Waals surface area contributed by atoms with E-state index in [4.69, 9.17) is 9.47 Å². The minimum Gasteiger partial charge on any atom is -0.497 e. The van der Waals surface area contributed by atoms with Crippen molar-refractivity contribution in [3.63, 3.8) is 0 Å². The number of halogens is 1. The van der Waals surface area contributed by atoms with E-state index in [2.05, 4.69) is 10.3 Å². The highest BCUT2D eigenvalue weighted by atomic mass is 19.1. The molecular weight excluding hydrogens is 487 g/mol. The van der Waals surface area contributed by atoms with Gasteiger partial charge in [0.05, 0.1) is 31.8 Å². The van der Waals surface area contributed by atoms with E-state index in [1.807, 2.05) is 36.4 Å². The summed E-state index contributed by atoms with van der Waals surface area (Å²) < 4.78 is 25.5. The summed E-state index contributed by atoms with van der Waals surface area (Å²) in [6.45, 7) is 1.17. The molecule has 4 atom stereocenters. The molecule has 1 saturated heterocycles. The van der Waals surface area contributed by atoms with E-state index < -0.39 is 18.0 Å². The molecule has 8 heteroatoms. The summed E-state index contributed by atoms with van der Waals surface area (Å²) >= 11 is 0. The van der Waals surface area contributed by atoms with E-state index in [0.29, 0.717) is 24.3 Å². The molecule has 1 aliphatic heterocycles. The highest BCUT2D eigenvalue weighted by molar-refractivity contribution is 5.83. The fourth-order valence-corrected chi connectivity index (χ4v) is 6.59. The van der Waals surface area contributed by atoms with Gasteiger partial charge in [-0.25, -0.2) is 4.39 Å². The molecule has 1 saturated carbocycles. The first-order valence-corrected chi connectivity index (χ1v) is 13.3. The molecule has 38 heavy (non-hydrogen) atoms. The first-order chi connectivity index (χ1) is 18.4. The molecule has 2 aliphatic rings. The maximum Gasteiger partial charge on any atom is 0.308 e. The fraction of sp³-hybridized carbons (Fsp3) is 0.467. The van der Waals surface area contributed by atoms with E-state index in [-0.39, 0.29) is 35.2 Å². The summed E-state index contributed by atoms with van der Waals surface area (Å²) in [4.78, 5) is 16.6. The lowest BCUT2D eigenvalue weighted by Gasteiger charge is -2.47. The molecule has 3 aromatic rings. The van der Waals surface area contributed by atoms with Crippen molar-refractivity contribution in [3.05, 3.63) is 65.6 Å². The van der Waals surface area contributed by atoms with Crippen molar-refractivity contribution >= 4 is 16.9 Å². The van der Waals surface area contributed by atoms with Crippen molar-refractivity contribution in [2.75, 3.05) is 27.3 Å². The number of ether oxygens (including phenoxy) is 2. The smallest absolute Gasteiger partial charge is 0.308 e. The minimum absolute atomic E-state index is 0.0213. The molecule has 1 aromatic heterocycles. The third kappa shape index (κ3) is 5.07. The van der Waals surface area contributed by atoms with Crippen LogP contribution < -0.4 is 14.8 Å². The van der Waals surface area contributed by atoms with E-state index in [0.717, 1.165) is 42.3 Å². The summed E-state index contributed by atoms with van der Waals surface area (Å²) in [5, 5.41) is 25.6. The molecule has 2 aromatic carbocycles. The lowest BCUT2D eigenvalue weighted by Crippen LogP contribution is -2.47. The number of nitrogens with one attached hydrogen (secondary N) is 1. The van der Waals surface area contributed by atoms with Crippen LogP contribution in [0.1, 0.15) is 48.8 Å². The van der Waals surface area contributed by atoms with Crippen molar-refractivity contribution in [2.45, 2.75) is 37.7 Å². The number of aromatic nitrogens is 1. The molecule has 0 radical (unpaired) electrons. The molecule has 3 N–H and O–H groups in total. The van der Waals surface area contributed by atoms with Crippen LogP contribution >= 0.6 is 0 Å². The fourth-order valence-electron chi connectivity index (χ4n) is 6.59. The molecule has 7 nitrogen and oxygen atoms in total. The predicted molar refractivity (Wildman–Crippen MR) is 142 cm³/mol. The Hall–Kier alpha value is -3.23. The topological polar surface area (TPSA) is 101 Å². The standard InChI is InChI=1S/C30H35FN2O5/c1-37-19-6-7-26-24(14-19)22(9-11-33-26)27(34)15-23(21-8-10-32-16-25(21)30(35)36)18-12-17(13-18)20-4-3-5-28(38-2)29(20)31/h3-7,9,11,14,17-18,21,23,25,27,32,34H,8,10,12-13,15-16H2,1-2H3,(H,35,36)/t17?,18?,21?,23-,25?,27-/m1/s1. The zero-order valence-corrected chi connectivity index (χ0v) is 21.8. The highest BCUT2D eigenvalue weighted by Crippen LogP contribution is 2.52. The Morgan fingerprint density at radius 1 is 1.18 bits per heavy atom. The normalized spacial score (nSPS) is 24.8. The van der Waals surface area contributed by atoms with Gasteiger partial charge in [-0.3, -0.25) is 9.78 Å². The van der Waals surface area contributed by atoms with E-state index in [1.54, 1.807) is 19.4 Å². The summed E-state index contributed by atoms with van der Waals surface area (Å²) in [6.07, 6.45) is 3.56. The number of hydrogen-bond donors (Lipinski definition) is 3. The van der Waals surface area contributed by atoms with Crippen LogP contribution in [0.25, 0.3) is 10.9 Å². The maximum absolute atomic E-state index is 15.0. The van der Waals surface area contributed by atoms with E-state index in [9.17, 15) is 19.4 Å². The number of aliphatic hydroxyl groups excluding tert-OH is 1. The van der Waals surface area contributed by atoms with Gasteiger partial charge in [-0.2, -0.15) is 0 Å². The first-order valence-electron chi connectivity index (χ1n) is 13.3. The van der Waals surface area contributed by atoms with Gasteiger partial charge in [0.25, 0.3) is 0 Å². The molecule has 2 unspecified atom stereocenters. The zero-order chi connectivity index (χ0) is 26.8. The van der Waals surface area contributed by atoms with Crippen molar-refractivity contribution in [2.24, 2.45) is 23.7 Å². The molecule has 2 heterocycles. The van der Waals surface area contributed by atoms with Gasteiger partial charge in [0.2, 0.25) is 0 Å². The molecule has 202 valence electrons. The van der Waals surface area contributed by atoms with Gasteiger partial charge < -0.3 is 25.0 Å². The number of rotatable bonds is 9. The number of carbonyl (C=O) groups is 1. The number of aliphatic hydroxyl groups is 1. The van der Waals surface area contributed by atoms with Gasteiger partial charge in [0, 0.05) is 18.1 Å². The number of carboxylic acid groups (broad SMARTS) is 1. The zero-order valence-electron chi connectivity index (χ0n) is 21.8. The Balaban J connectivity index is 1.43. The average molecular weight is 523 g/mol. The van der Waals surface area contributed by atoms with Crippen LogP contribution in [0.15, 0.2) is 48.7 Å². The number of piperidine rings is 1. The average Bonchev–Trinajstić information content (AvgIpc) is 2.91. The van der Waals surface area contributed by atoms with Crippen molar-refractivity contribution in [1.29, 1.82) is 0 Å². The van der Waals surface area contributed by atoms with Crippen LogP contribution in [0, 0.1) is 29.5 Å². The van der Waals surface area contributed by atoms with Crippen LogP contribution in [-0.4, -0.2) is 48.5 Å². The second-order valence-corrected chi connectivity index (χ2v) is 10.6. The number of fused-ring (bicyclic) bond motifs is 1. The number of methoxy groups -OCH3 is 2. The van der Waals surface area contributed by atoms with Crippen LogP contribution in [0.3, 0.4) is 0 Å². The summed E-state index contributed by atoms with van der Waals surface area (Å²) in [5.41, 5.74) is 2.17. The largest absolute Gasteiger partial charge is 0.497 e. The number of aliphatic carboxylic acids is 1. The Morgan fingerprint density at radius 2 is 2.00 bits per heavy atom. The van der Waals surface area contributed by atoms with Gasteiger partial charge >= 0.3 is 5.97 Å².